The van der Waals surface area contributed by atoms with Crippen LogP contribution in [0.15, 0.2) is 30.3 Å². The van der Waals surface area contributed by atoms with Gasteiger partial charge in [-0.25, -0.2) is 0 Å². The first-order valence-electron chi connectivity index (χ1n) is 6.13. The Balaban J connectivity index is 2.24. The number of carbonyl (C=O) groups excluding carboxylic acids is 1. The van der Waals surface area contributed by atoms with Crippen LogP contribution in [-0.2, 0) is 9.59 Å². The summed E-state index contributed by atoms with van der Waals surface area (Å²) in [5, 5.41) is 11.3. The van der Waals surface area contributed by atoms with Gasteiger partial charge in [0.05, 0.1) is 0 Å². The van der Waals surface area contributed by atoms with Crippen molar-refractivity contribution in [2.45, 2.75) is 32.1 Å². The first-order chi connectivity index (χ1) is 8.59. The summed E-state index contributed by atoms with van der Waals surface area (Å²) in [6.45, 7) is 2.63. The number of aliphatic carboxylic acids is 1. The van der Waals surface area contributed by atoms with E-state index in [0.29, 0.717) is 13.0 Å². The lowest BCUT2D eigenvalue weighted by Crippen LogP contribution is -2.27. The van der Waals surface area contributed by atoms with Crippen molar-refractivity contribution >= 4 is 11.9 Å². The van der Waals surface area contributed by atoms with Gasteiger partial charge in [-0.3, -0.25) is 9.59 Å². The number of carbonyl (C=O) groups is 2. The van der Waals surface area contributed by atoms with E-state index in [1.807, 2.05) is 37.3 Å². The molecule has 0 aromatic heterocycles. The molecule has 0 aliphatic heterocycles. The van der Waals surface area contributed by atoms with Gasteiger partial charge in [-0.1, -0.05) is 37.3 Å². The molecule has 0 heterocycles. The summed E-state index contributed by atoms with van der Waals surface area (Å²) in [5.74, 6) is -0.686. The lowest BCUT2D eigenvalue weighted by Gasteiger charge is -2.12. The highest BCUT2D eigenvalue weighted by molar-refractivity contribution is 5.76. The highest BCUT2D eigenvalue weighted by atomic mass is 16.4. The largest absolute Gasteiger partial charge is 0.481 e. The number of hydrogen-bond acceptors (Lipinski definition) is 2. The van der Waals surface area contributed by atoms with Gasteiger partial charge >= 0.3 is 5.97 Å². The molecule has 1 aromatic rings. The molecule has 4 heteroatoms. The average molecular weight is 249 g/mol. The predicted molar refractivity (Wildman–Crippen MR) is 69.4 cm³/mol. The summed E-state index contributed by atoms with van der Waals surface area (Å²) < 4.78 is 0. The van der Waals surface area contributed by atoms with E-state index < -0.39 is 5.97 Å². The van der Waals surface area contributed by atoms with Crippen molar-refractivity contribution in [3.63, 3.8) is 0 Å². The molecule has 18 heavy (non-hydrogen) atoms. The smallest absolute Gasteiger partial charge is 0.303 e. The third-order valence-electron chi connectivity index (χ3n) is 2.77. The van der Waals surface area contributed by atoms with Crippen LogP contribution in [0.25, 0.3) is 0 Å². The standard InChI is InChI=1S/C14H19NO3/c1-11(12-6-3-2-4-7-12)10-15-13(16)8-5-9-14(17)18/h2-4,6-7,11H,5,8-10H2,1H3,(H,15,16)(H,17,18). The Morgan fingerprint density at radius 1 is 1.22 bits per heavy atom. The highest BCUT2D eigenvalue weighted by Crippen LogP contribution is 2.13. The summed E-state index contributed by atoms with van der Waals surface area (Å²) in [6.07, 6.45) is 0.705. The molecule has 0 aliphatic carbocycles. The summed E-state index contributed by atoms with van der Waals surface area (Å²) >= 11 is 0. The molecule has 4 nitrogen and oxygen atoms in total. The maximum atomic E-state index is 11.5. The van der Waals surface area contributed by atoms with E-state index in [-0.39, 0.29) is 24.7 Å². The van der Waals surface area contributed by atoms with Crippen molar-refractivity contribution in [2.75, 3.05) is 6.54 Å². The molecule has 0 bridgehead atoms. The summed E-state index contributed by atoms with van der Waals surface area (Å²) in [4.78, 5) is 21.8. The fourth-order valence-corrected chi connectivity index (χ4v) is 1.65. The Kier molecular flexibility index (Phi) is 5.91. The summed E-state index contributed by atoms with van der Waals surface area (Å²) in [5.41, 5.74) is 1.18. The van der Waals surface area contributed by atoms with Gasteiger partial charge in [-0.05, 0) is 17.9 Å². The molecule has 0 spiro atoms. The number of rotatable bonds is 7. The van der Waals surface area contributed by atoms with Crippen molar-refractivity contribution in [2.24, 2.45) is 0 Å². The van der Waals surface area contributed by atoms with E-state index in [0.717, 1.165) is 0 Å². The zero-order valence-electron chi connectivity index (χ0n) is 10.6. The Morgan fingerprint density at radius 3 is 2.50 bits per heavy atom. The van der Waals surface area contributed by atoms with Gasteiger partial charge in [0, 0.05) is 19.4 Å². The second kappa shape index (κ2) is 7.48. The van der Waals surface area contributed by atoms with E-state index in [1.54, 1.807) is 0 Å². The molecule has 0 fully saturated rings. The lowest BCUT2D eigenvalue weighted by molar-refractivity contribution is -0.137. The van der Waals surface area contributed by atoms with Crippen LogP contribution < -0.4 is 5.32 Å². The third-order valence-corrected chi connectivity index (χ3v) is 2.77. The van der Waals surface area contributed by atoms with Gasteiger partial charge in [-0.15, -0.1) is 0 Å². The number of carboxylic acids is 1. The maximum Gasteiger partial charge on any atom is 0.303 e. The van der Waals surface area contributed by atoms with Gasteiger partial charge in [0.1, 0.15) is 0 Å². The molecular formula is C14H19NO3. The van der Waals surface area contributed by atoms with E-state index in [1.165, 1.54) is 5.56 Å². The molecular weight excluding hydrogens is 230 g/mol. The van der Waals surface area contributed by atoms with Crippen LogP contribution in [0, 0.1) is 0 Å². The van der Waals surface area contributed by atoms with Crippen molar-refractivity contribution in [3.8, 4) is 0 Å². The zero-order valence-corrected chi connectivity index (χ0v) is 10.6. The molecule has 0 saturated carbocycles. The molecule has 1 amide bonds. The minimum Gasteiger partial charge on any atom is -0.481 e. The molecule has 1 unspecified atom stereocenters. The fraction of sp³-hybridized carbons (Fsp3) is 0.429. The second-order valence-electron chi connectivity index (χ2n) is 4.36. The summed E-state index contributed by atoms with van der Waals surface area (Å²) in [6, 6.07) is 9.96. The molecule has 1 atom stereocenters. The quantitative estimate of drug-likeness (QED) is 0.778. The van der Waals surface area contributed by atoms with Gasteiger partial charge < -0.3 is 10.4 Å². The molecule has 0 radical (unpaired) electrons. The van der Waals surface area contributed by atoms with Gasteiger partial charge in [0.15, 0.2) is 0 Å². The lowest BCUT2D eigenvalue weighted by atomic mass is 10.0. The van der Waals surface area contributed by atoms with Crippen LogP contribution in [0.1, 0.15) is 37.7 Å². The van der Waals surface area contributed by atoms with E-state index in [9.17, 15) is 9.59 Å². The first-order valence-corrected chi connectivity index (χ1v) is 6.13. The van der Waals surface area contributed by atoms with Crippen molar-refractivity contribution in [1.82, 2.24) is 5.32 Å². The van der Waals surface area contributed by atoms with Gasteiger partial charge in [-0.2, -0.15) is 0 Å². The van der Waals surface area contributed by atoms with Crippen LogP contribution in [0.5, 0.6) is 0 Å². The molecule has 1 aromatic carbocycles. The van der Waals surface area contributed by atoms with Crippen LogP contribution >= 0.6 is 0 Å². The molecule has 0 saturated heterocycles. The molecule has 98 valence electrons. The third kappa shape index (κ3) is 5.48. The Hall–Kier alpha value is -1.84. The fourth-order valence-electron chi connectivity index (χ4n) is 1.65. The van der Waals surface area contributed by atoms with Crippen molar-refractivity contribution in [1.29, 1.82) is 0 Å². The minimum absolute atomic E-state index is 0.0433. The molecule has 0 aliphatic rings. The van der Waals surface area contributed by atoms with E-state index in [2.05, 4.69) is 5.32 Å². The minimum atomic E-state index is -0.861. The van der Waals surface area contributed by atoms with Gasteiger partial charge in [0.2, 0.25) is 5.91 Å². The molecule has 1 rings (SSSR count). The topological polar surface area (TPSA) is 66.4 Å². The average Bonchev–Trinajstić information content (AvgIpc) is 2.36. The van der Waals surface area contributed by atoms with Gasteiger partial charge in [0.25, 0.3) is 0 Å². The number of hydrogen-bond donors (Lipinski definition) is 2. The number of nitrogens with one attached hydrogen (secondary N) is 1. The van der Waals surface area contributed by atoms with Crippen molar-refractivity contribution in [3.05, 3.63) is 35.9 Å². The van der Waals surface area contributed by atoms with Crippen LogP contribution in [0.2, 0.25) is 0 Å². The number of carboxylic acid groups (broad SMARTS) is 1. The SMILES string of the molecule is CC(CNC(=O)CCCC(=O)O)c1ccccc1. The van der Waals surface area contributed by atoms with Crippen LogP contribution in [0.3, 0.4) is 0 Å². The van der Waals surface area contributed by atoms with E-state index >= 15 is 0 Å². The van der Waals surface area contributed by atoms with Crippen LogP contribution in [-0.4, -0.2) is 23.5 Å². The predicted octanol–water partition coefficient (Wildman–Crippen LogP) is 2.16. The summed E-state index contributed by atoms with van der Waals surface area (Å²) in [7, 11) is 0. The highest BCUT2D eigenvalue weighted by Gasteiger charge is 2.07. The van der Waals surface area contributed by atoms with Crippen molar-refractivity contribution < 1.29 is 14.7 Å². The number of amides is 1. The monoisotopic (exact) mass is 249 g/mol. The van der Waals surface area contributed by atoms with Crippen LogP contribution in [0.4, 0.5) is 0 Å². The normalized spacial score (nSPS) is 11.8. The second-order valence-corrected chi connectivity index (χ2v) is 4.36. The molecule has 2 N–H and O–H groups in total. The maximum absolute atomic E-state index is 11.5. The zero-order chi connectivity index (χ0) is 13.4. The Morgan fingerprint density at radius 2 is 1.89 bits per heavy atom. The Bertz CT molecular complexity index is 389. The van der Waals surface area contributed by atoms with E-state index in [4.69, 9.17) is 5.11 Å². The Labute approximate surface area is 107 Å². The number of benzene rings is 1. The first kappa shape index (κ1) is 14.2.